The second kappa shape index (κ2) is 5.10. The van der Waals surface area contributed by atoms with E-state index in [1.807, 2.05) is 6.92 Å². The first-order chi connectivity index (χ1) is 7.75. The average Bonchev–Trinajstić information content (AvgIpc) is 2.32. The van der Waals surface area contributed by atoms with Crippen LogP contribution in [0, 0.1) is 12.7 Å². The van der Waals surface area contributed by atoms with Crippen molar-refractivity contribution in [3.05, 3.63) is 29.6 Å². The number of benzene rings is 1. The number of rotatable bonds is 2. The van der Waals surface area contributed by atoms with Gasteiger partial charge in [-0.15, -0.1) is 0 Å². The second-order valence-electron chi connectivity index (χ2n) is 4.31. The van der Waals surface area contributed by atoms with Crippen molar-refractivity contribution < 1.29 is 4.39 Å². The first-order valence-corrected chi connectivity index (χ1v) is 5.83. The highest BCUT2D eigenvalue weighted by Gasteiger charge is 2.06. The van der Waals surface area contributed by atoms with E-state index in [1.54, 1.807) is 6.07 Å². The molecule has 1 saturated carbocycles. The molecule has 1 fully saturated rings. The number of hydrogen-bond acceptors (Lipinski definition) is 2. The Bertz CT molecular complexity index is 391. The smallest absolute Gasteiger partial charge is 0.125 e. The van der Waals surface area contributed by atoms with E-state index in [9.17, 15) is 4.39 Å². The normalized spacial score (nSPS) is 16.0. The number of nitrogens with one attached hydrogen (secondary N) is 1. The van der Waals surface area contributed by atoms with Gasteiger partial charge in [0.1, 0.15) is 5.82 Å². The van der Waals surface area contributed by atoms with Gasteiger partial charge in [0.2, 0.25) is 0 Å². The van der Waals surface area contributed by atoms with Gasteiger partial charge in [-0.1, -0.05) is 12.5 Å². The van der Waals surface area contributed by atoms with E-state index in [4.69, 9.17) is 0 Å². The summed E-state index contributed by atoms with van der Waals surface area (Å²) in [6.45, 7) is 1.95. The van der Waals surface area contributed by atoms with Crippen molar-refractivity contribution in [2.45, 2.75) is 39.0 Å². The molecule has 16 heavy (non-hydrogen) atoms. The zero-order valence-corrected chi connectivity index (χ0v) is 9.59. The Kier molecular flexibility index (Phi) is 3.54. The van der Waals surface area contributed by atoms with Gasteiger partial charge in [-0.25, -0.2) is 4.39 Å². The predicted molar refractivity (Wildman–Crippen MR) is 65.3 cm³/mol. The first-order valence-electron chi connectivity index (χ1n) is 5.83. The average molecular weight is 220 g/mol. The molecule has 1 aromatic carbocycles. The summed E-state index contributed by atoms with van der Waals surface area (Å²) in [5.41, 5.74) is 5.95. The van der Waals surface area contributed by atoms with Crippen LogP contribution in [0.5, 0.6) is 0 Å². The van der Waals surface area contributed by atoms with E-state index in [0.717, 1.165) is 24.1 Å². The Labute approximate surface area is 95.6 Å². The molecule has 3 heteroatoms. The minimum atomic E-state index is -0.225. The Balaban J connectivity index is 2.05. The van der Waals surface area contributed by atoms with Crippen molar-refractivity contribution in [3.8, 4) is 0 Å². The fraction of sp³-hybridized carbons (Fsp3) is 0.462. The SMILES string of the molecule is Cc1ccc(F)cc1NN=C1CCCCC1. The second-order valence-corrected chi connectivity index (χ2v) is 4.31. The molecular weight excluding hydrogens is 203 g/mol. The van der Waals surface area contributed by atoms with Crippen LogP contribution < -0.4 is 5.43 Å². The predicted octanol–water partition coefficient (Wildman–Crippen LogP) is 3.87. The van der Waals surface area contributed by atoms with Crippen LogP contribution in [0.4, 0.5) is 10.1 Å². The van der Waals surface area contributed by atoms with E-state index >= 15 is 0 Å². The van der Waals surface area contributed by atoms with Crippen molar-refractivity contribution in [3.63, 3.8) is 0 Å². The molecule has 0 atom stereocenters. The number of hydrazone groups is 1. The Morgan fingerprint density at radius 1 is 1.19 bits per heavy atom. The van der Waals surface area contributed by atoms with Crippen LogP contribution in [0.2, 0.25) is 0 Å². The van der Waals surface area contributed by atoms with Crippen LogP contribution >= 0.6 is 0 Å². The minimum Gasteiger partial charge on any atom is -0.278 e. The summed E-state index contributed by atoms with van der Waals surface area (Å²) in [4.78, 5) is 0. The maximum atomic E-state index is 13.0. The summed E-state index contributed by atoms with van der Waals surface area (Å²) in [5.74, 6) is -0.225. The quantitative estimate of drug-likeness (QED) is 0.752. The van der Waals surface area contributed by atoms with Crippen LogP contribution in [-0.2, 0) is 0 Å². The molecule has 2 nitrogen and oxygen atoms in total. The van der Waals surface area contributed by atoms with Crippen molar-refractivity contribution >= 4 is 11.4 Å². The Morgan fingerprint density at radius 2 is 1.94 bits per heavy atom. The fourth-order valence-corrected chi connectivity index (χ4v) is 1.93. The molecule has 0 unspecified atom stereocenters. The van der Waals surface area contributed by atoms with Gasteiger partial charge in [0.05, 0.1) is 5.69 Å². The van der Waals surface area contributed by atoms with Gasteiger partial charge in [-0.05, 0) is 50.3 Å². The largest absolute Gasteiger partial charge is 0.278 e. The minimum absolute atomic E-state index is 0.225. The molecule has 0 amide bonds. The highest BCUT2D eigenvalue weighted by Crippen LogP contribution is 2.18. The molecule has 0 aliphatic heterocycles. The van der Waals surface area contributed by atoms with E-state index in [0.29, 0.717) is 0 Å². The molecular formula is C13H17FN2. The highest BCUT2D eigenvalue weighted by molar-refractivity contribution is 5.85. The lowest BCUT2D eigenvalue weighted by atomic mass is 9.99. The van der Waals surface area contributed by atoms with E-state index in [1.165, 1.54) is 37.1 Å². The zero-order chi connectivity index (χ0) is 11.4. The fourth-order valence-electron chi connectivity index (χ4n) is 1.93. The maximum absolute atomic E-state index is 13.0. The van der Waals surface area contributed by atoms with Crippen LogP contribution in [0.15, 0.2) is 23.3 Å². The molecule has 0 aromatic heterocycles. The number of anilines is 1. The first kappa shape index (κ1) is 11.1. The number of hydrogen-bond donors (Lipinski definition) is 1. The molecule has 0 saturated heterocycles. The van der Waals surface area contributed by atoms with Crippen LogP contribution in [-0.4, -0.2) is 5.71 Å². The van der Waals surface area contributed by atoms with Crippen LogP contribution in [0.25, 0.3) is 0 Å². The molecule has 2 rings (SSSR count). The number of nitrogens with zero attached hydrogens (tertiary/aromatic N) is 1. The number of halogens is 1. The summed E-state index contributed by atoms with van der Waals surface area (Å²) < 4.78 is 13.0. The molecule has 86 valence electrons. The van der Waals surface area contributed by atoms with Crippen LogP contribution in [0.3, 0.4) is 0 Å². The molecule has 0 spiro atoms. The van der Waals surface area contributed by atoms with Crippen molar-refractivity contribution in [2.24, 2.45) is 5.10 Å². The van der Waals surface area contributed by atoms with E-state index < -0.39 is 0 Å². The Hall–Kier alpha value is -1.38. The standard InChI is InChI=1S/C13H17FN2/c1-10-7-8-11(14)9-13(10)16-15-12-5-3-2-4-6-12/h7-9,16H,2-6H2,1H3. The number of aryl methyl sites for hydroxylation is 1. The van der Waals surface area contributed by atoms with E-state index in [2.05, 4.69) is 10.5 Å². The molecule has 1 aliphatic carbocycles. The van der Waals surface area contributed by atoms with Crippen molar-refractivity contribution in [1.29, 1.82) is 0 Å². The lowest BCUT2D eigenvalue weighted by molar-refractivity contribution is 0.628. The summed E-state index contributed by atoms with van der Waals surface area (Å²) in [6.07, 6.45) is 5.89. The van der Waals surface area contributed by atoms with E-state index in [-0.39, 0.29) is 5.82 Å². The summed E-state index contributed by atoms with van der Waals surface area (Å²) in [5, 5.41) is 4.36. The molecule has 0 bridgehead atoms. The molecule has 1 aromatic rings. The van der Waals surface area contributed by atoms with Gasteiger partial charge in [0.15, 0.2) is 0 Å². The third-order valence-electron chi connectivity index (χ3n) is 2.96. The lowest BCUT2D eigenvalue weighted by Crippen LogP contribution is -2.07. The van der Waals surface area contributed by atoms with Gasteiger partial charge < -0.3 is 0 Å². The molecule has 1 aliphatic rings. The van der Waals surface area contributed by atoms with Gasteiger partial charge >= 0.3 is 0 Å². The summed E-state index contributed by atoms with van der Waals surface area (Å²) in [6, 6.07) is 4.72. The van der Waals surface area contributed by atoms with Crippen molar-refractivity contribution in [1.82, 2.24) is 0 Å². The lowest BCUT2D eigenvalue weighted by Gasteiger charge is -2.13. The van der Waals surface area contributed by atoms with Gasteiger partial charge in [0, 0.05) is 5.71 Å². The third-order valence-corrected chi connectivity index (χ3v) is 2.96. The van der Waals surface area contributed by atoms with Crippen LogP contribution in [0.1, 0.15) is 37.7 Å². The third kappa shape index (κ3) is 2.81. The Morgan fingerprint density at radius 3 is 2.69 bits per heavy atom. The summed E-state index contributed by atoms with van der Waals surface area (Å²) in [7, 11) is 0. The molecule has 0 heterocycles. The molecule has 1 N–H and O–H groups in total. The van der Waals surface area contributed by atoms with Gasteiger partial charge in [0.25, 0.3) is 0 Å². The monoisotopic (exact) mass is 220 g/mol. The topological polar surface area (TPSA) is 24.4 Å². The van der Waals surface area contributed by atoms with Gasteiger partial charge in [-0.3, -0.25) is 5.43 Å². The van der Waals surface area contributed by atoms with Crippen molar-refractivity contribution in [2.75, 3.05) is 5.43 Å². The summed E-state index contributed by atoms with van der Waals surface area (Å²) >= 11 is 0. The molecule has 0 radical (unpaired) electrons. The zero-order valence-electron chi connectivity index (χ0n) is 9.59. The van der Waals surface area contributed by atoms with Gasteiger partial charge in [-0.2, -0.15) is 5.10 Å². The highest BCUT2D eigenvalue weighted by atomic mass is 19.1. The maximum Gasteiger partial charge on any atom is 0.125 e.